The zero-order chi connectivity index (χ0) is 16.8. The second-order valence-electron chi connectivity index (χ2n) is 5.44. The molecule has 0 unspecified atom stereocenters. The smallest absolute Gasteiger partial charge is 0.273 e. The number of piperazine rings is 1. The van der Waals surface area contributed by atoms with Crippen LogP contribution in [0.2, 0.25) is 0 Å². The highest BCUT2D eigenvalue weighted by Crippen LogP contribution is 2.18. The molecule has 1 aliphatic heterocycles. The van der Waals surface area contributed by atoms with Crippen LogP contribution >= 0.6 is 12.4 Å². The topological polar surface area (TPSA) is 95.8 Å². The number of nitrogens with one attached hydrogen (secondary N) is 1. The Morgan fingerprint density at radius 3 is 2.54 bits per heavy atom. The monoisotopic (exact) mass is 356 g/mol. The lowest BCUT2D eigenvalue weighted by Crippen LogP contribution is -2.49. The van der Waals surface area contributed by atoms with Crippen LogP contribution in [0.25, 0.3) is 0 Å². The summed E-state index contributed by atoms with van der Waals surface area (Å²) in [5.41, 5.74) is 0.270. The molecule has 0 aliphatic carbocycles. The van der Waals surface area contributed by atoms with Crippen molar-refractivity contribution in [3.8, 4) is 0 Å². The van der Waals surface area contributed by atoms with Crippen LogP contribution in [-0.2, 0) is 16.0 Å². The molecule has 1 saturated heterocycles. The van der Waals surface area contributed by atoms with Gasteiger partial charge in [0.1, 0.15) is 0 Å². The van der Waals surface area contributed by atoms with E-state index < -0.39 is 4.92 Å². The van der Waals surface area contributed by atoms with Gasteiger partial charge in [-0.25, -0.2) is 0 Å². The minimum atomic E-state index is -0.505. The summed E-state index contributed by atoms with van der Waals surface area (Å²) in [6.45, 7) is 2.74. The number of amides is 2. The molecule has 1 fully saturated rings. The van der Waals surface area contributed by atoms with Crippen molar-refractivity contribution in [2.75, 3.05) is 39.8 Å². The van der Waals surface area contributed by atoms with Crippen LogP contribution in [0.15, 0.2) is 24.3 Å². The maximum absolute atomic E-state index is 12.2. The first-order chi connectivity index (χ1) is 11.0. The fourth-order valence-electron chi connectivity index (χ4n) is 2.44. The Morgan fingerprint density at radius 2 is 1.92 bits per heavy atom. The predicted molar refractivity (Wildman–Crippen MR) is 91.1 cm³/mol. The first kappa shape index (κ1) is 19.9. The number of rotatable bonds is 5. The van der Waals surface area contributed by atoms with E-state index >= 15 is 0 Å². The van der Waals surface area contributed by atoms with Crippen LogP contribution in [0.4, 0.5) is 5.69 Å². The van der Waals surface area contributed by atoms with Crippen molar-refractivity contribution in [1.29, 1.82) is 0 Å². The first-order valence-corrected chi connectivity index (χ1v) is 7.44. The second kappa shape index (κ2) is 9.19. The number of hydrogen-bond acceptors (Lipinski definition) is 5. The van der Waals surface area contributed by atoms with Crippen molar-refractivity contribution in [3.63, 3.8) is 0 Å². The van der Waals surface area contributed by atoms with E-state index in [1.807, 2.05) is 0 Å². The minimum Gasteiger partial charge on any atom is -0.339 e. The van der Waals surface area contributed by atoms with Gasteiger partial charge >= 0.3 is 0 Å². The van der Waals surface area contributed by atoms with Crippen molar-refractivity contribution in [2.24, 2.45) is 0 Å². The molecule has 1 heterocycles. The van der Waals surface area contributed by atoms with Gasteiger partial charge < -0.3 is 15.1 Å². The summed E-state index contributed by atoms with van der Waals surface area (Å²) < 4.78 is 0. The third kappa shape index (κ3) is 5.17. The summed E-state index contributed by atoms with van der Waals surface area (Å²) in [7, 11) is 1.54. The van der Waals surface area contributed by atoms with Gasteiger partial charge in [0.25, 0.3) is 5.69 Å². The van der Waals surface area contributed by atoms with E-state index in [0.29, 0.717) is 18.7 Å². The summed E-state index contributed by atoms with van der Waals surface area (Å²) in [4.78, 5) is 37.9. The normalized spacial score (nSPS) is 13.8. The van der Waals surface area contributed by atoms with Crippen LogP contribution in [0.5, 0.6) is 0 Å². The van der Waals surface area contributed by atoms with E-state index in [0.717, 1.165) is 13.1 Å². The molecule has 0 saturated carbocycles. The molecule has 0 atom stereocenters. The number of nitro groups is 1. The predicted octanol–water partition coefficient (Wildman–Crippen LogP) is 0.449. The number of likely N-dealkylation sites (N-methyl/N-ethyl adjacent to an activating group) is 1. The van der Waals surface area contributed by atoms with E-state index in [1.165, 1.54) is 18.0 Å². The van der Waals surface area contributed by atoms with Gasteiger partial charge in [-0.15, -0.1) is 12.4 Å². The van der Waals surface area contributed by atoms with Crippen LogP contribution in [0.3, 0.4) is 0 Å². The Balaban J connectivity index is 0.00000288. The van der Waals surface area contributed by atoms with E-state index in [2.05, 4.69) is 5.32 Å². The lowest BCUT2D eigenvalue weighted by molar-refractivity contribution is -0.385. The van der Waals surface area contributed by atoms with E-state index in [-0.39, 0.29) is 42.9 Å². The highest BCUT2D eigenvalue weighted by Gasteiger charge is 2.22. The second-order valence-corrected chi connectivity index (χ2v) is 5.44. The Kier molecular flexibility index (Phi) is 7.60. The number of nitrogens with zero attached hydrogens (tertiary/aromatic N) is 3. The molecular weight excluding hydrogens is 336 g/mol. The van der Waals surface area contributed by atoms with E-state index in [4.69, 9.17) is 0 Å². The zero-order valence-corrected chi connectivity index (χ0v) is 14.3. The molecule has 1 aliphatic rings. The Bertz CT molecular complexity index is 605. The van der Waals surface area contributed by atoms with Crippen molar-refractivity contribution in [3.05, 3.63) is 39.9 Å². The van der Waals surface area contributed by atoms with Gasteiger partial charge in [0.2, 0.25) is 11.8 Å². The van der Waals surface area contributed by atoms with E-state index in [1.54, 1.807) is 23.1 Å². The standard InChI is InChI=1S/C15H20N4O4.ClH/c1-17(11-15(21)18-8-6-16-7-9-18)14(20)10-12-4-2-3-5-13(12)19(22)23;/h2-5,16H,6-11H2,1H3;1H. The molecule has 2 rings (SSSR count). The molecule has 8 nitrogen and oxygen atoms in total. The Labute approximate surface area is 146 Å². The fourth-order valence-corrected chi connectivity index (χ4v) is 2.44. The first-order valence-electron chi connectivity index (χ1n) is 7.44. The Morgan fingerprint density at radius 1 is 1.29 bits per heavy atom. The Hall–Kier alpha value is -2.19. The molecular formula is C15H21ClN4O4. The summed E-state index contributed by atoms with van der Waals surface area (Å²) in [6, 6.07) is 6.14. The van der Waals surface area contributed by atoms with Gasteiger partial charge in [0, 0.05) is 44.9 Å². The number of hydrogen-bond donors (Lipinski definition) is 1. The van der Waals surface area contributed by atoms with Crippen LogP contribution in [0, 0.1) is 10.1 Å². The lowest BCUT2D eigenvalue weighted by atomic mass is 10.1. The molecule has 0 spiro atoms. The van der Waals surface area contributed by atoms with Crippen molar-refractivity contribution < 1.29 is 14.5 Å². The van der Waals surface area contributed by atoms with Gasteiger partial charge in [-0.2, -0.15) is 0 Å². The van der Waals surface area contributed by atoms with Crippen LogP contribution in [0.1, 0.15) is 5.56 Å². The third-order valence-corrected chi connectivity index (χ3v) is 3.80. The van der Waals surface area contributed by atoms with Gasteiger partial charge in [-0.1, -0.05) is 18.2 Å². The van der Waals surface area contributed by atoms with Gasteiger partial charge in [-0.3, -0.25) is 19.7 Å². The summed E-state index contributed by atoms with van der Waals surface area (Å²) in [5.74, 6) is -0.423. The number of para-hydroxylation sites is 1. The van der Waals surface area contributed by atoms with Crippen molar-refractivity contribution in [1.82, 2.24) is 15.1 Å². The molecule has 1 N–H and O–H groups in total. The molecule has 1 aromatic carbocycles. The summed E-state index contributed by atoms with van der Waals surface area (Å²) in [6.07, 6.45) is -0.0948. The zero-order valence-electron chi connectivity index (χ0n) is 13.4. The summed E-state index contributed by atoms with van der Waals surface area (Å²) >= 11 is 0. The highest BCUT2D eigenvalue weighted by atomic mass is 35.5. The van der Waals surface area contributed by atoms with Crippen molar-refractivity contribution in [2.45, 2.75) is 6.42 Å². The maximum atomic E-state index is 12.2. The third-order valence-electron chi connectivity index (χ3n) is 3.80. The lowest BCUT2D eigenvalue weighted by Gasteiger charge is -2.29. The quantitative estimate of drug-likeness (QED) is 0.610. The number of carbonyl (C=O) groups is 2. The molecule has 0 radical (unpaired) electrons. The molecule has 0 bridgehead atoms. The van der Waals surface area contributed by atoms with Crippen LogP contribution < -0.4 is 5.32 Å². The largest absolute Gasteiger partial charge is 0.339 e. The molecule has 2 amide bonds. The minimum absolute atomic E-state index is 0. The van der Waals surface area contributed by atoms with Gasteiger partial charge in [0.05, 0.1) is 17.9 Å². The molecule has 9 heteroatoms. The molecule has 132 valence electrons. The van der Waals surface area contributed by atoms with Crippen LogP contribution in [-0.4, -0.2) is 66.3 Å². The highest BCUT2D eigenvalue weighted by molar-refractivity contribution is 5.86. The number of carbonyl (C=O) groups excluding carboxylic acids is 2. The maximum Gasteiger partial charge on any atom is 0.273 e. The number of halogens is 1. The molecule has 24 heavy (non-hydrogen) atoms. The van der Waals surface area contributed by atoms with Crippen molar-refractivity contribution >= 4 is 29.9 Å². The SMILES string of the molecule is CN(CC(=O)N1CCNCC1)C(=O)Cc1ccccc1[N+](=O)[O-].Cl. The average molecular weight is 357 g/mol. The van der Waals surface area contributed by atoms with Gasteiger partial charge in [-0.05, 0) is 0 Å². The molecule has 0 aromatic heterocycles. The van der Waals surface area contributed by atoms with E-state index in [9.17, 15) is 19.7 Å². The summed E-state index contributed by atoms with van der Waals surface area (Å²) in [5, 5.41) is 14.1. The fraction of sp³-hybridized carbons (Fsp3) is 0.467. The molecule has 1 aromatic rings. The number of benzene rings is 1. The average Bonchev–Trinajstić information content (AvgIpc) is 2.55. The number of nitro benzene ring substituents is 1. The van der Waals surface area contributed by atoms with Gasteiger partial charge in [0.15, 0.2) is 0 Å².